The van der Waals surface area contributed by atoms with E-state index in [1.807, 2.05) is 121 Å². The van der Waals surface area contributed by atoms with Crippen LogP contribution in [0.1, 0.15) is 0 Å². The Morgan fingerprint density at radius 2 is 0.535 bits per heavy atom. The molecule has 6 rings (SSSR count). The maximum Gasteiger partial charge on any atom is 0.306 e. The van der Waals surface area contributed by atoms with Gasteiger partial charge in [0.25, 0.3) is 0 Å². The zero-order chi connectivity index (χ0) is 29.5. The lowest BCUT2D eigenvalue weighted by Gasteiger charge is -2.21. The smallest absolute Gasteiger partial charge is 0.306 e. The molecule has 0 radical (unpaired) electrons. The Bertz CT molecular complexity index is 1630. The summed E-state index contributed by atoms with van der Waals surface area (Å²) < 4.78 is 46.8. The Balaban J connectivity index is 1.18. The van der Waals surface area contributed by atoms with Crippen molar-refractivity contribution in [2.24, 2.45) is 0 Å². The van der Waals surface area contributed by atoms with Crippen molar-refractivity contribution in [2.75, 3.05) is 0 Å². The quantitative estimate of drug-likeness (QED) is 0.148. The number of ether oxygens (including phenoxy) is 1. The van der Waals surface area contributed by atoms with E-state index in [1.54, 1.807) is 48.5 Å². The van der Waals surface area contributed by atoms with Crippen LogP contribution >= 0.6 is 14.7 Å². The van der Waals surface area contributed by atoms with Gasteiger partial charge in [-0.05, 0) is 97.1 Å². The molecule has 0 unspecified atom stereocenters. The normalized spacial score (nSPS) is 11.4. The fourth-order valence-electron chi connectivity index (χ4n) is 4.58. The predicted molar refractivity (Wildman–Crippen MR) is 174 cm³/mol. The van der Waals surface area contributed by atoms with E-state index in [-0.39, 0.29) is 0 Å². The molecule has 0 fully saturated rings. The summed E-state index contributed by atoms with van der Waals surface area (Å²) in [6, 6.07) is 50.9. The standard InChI is InChI=1S/C36H28O5P2/c37-42(33-13-5-1-6-14-33,34-15-7-2-8-16-34)40-31-25-21-29(22-26-31)39-30-23-27-32(28-24-30)41-43(38,35-17-9-3-10-18-35)36-19-11-4-12-20-36/h1-28H. The summed E-state index contributed by atoms with van der Waals surface area (Å²) in [6.07, 6.45) is 0. The molecule has 0 amide bonds. The van der Waals surface area contributed by atoms with Gasteiger partial charge in [0, 0.05) is 0 Å². The van der Waals surface area contributed by atoms with Gasteiger partial charge < -0.3 is 13.8 Å². The van der Waals surface area contributed by atoms with E-state index >= 15 is 0 Å². The van der Waals surface area contributed by atoms with Gasteiger partial charge in [0.2, 0.25) is 0 Å². The van der Waals surface area contributed by atoms with Crippen molar-refractivity contribution >= 4 is 36.0 Å². The highest BCUT2D eigenvalue weighted by Crippen LogP contribution is 2.46. The minimum Gasteiger partial charge on any atom is -0.457 e. The summed E-state index contributed by atoms with van der Waals surface area (Å²) in [5.74, 6) is 2.08. The highest BCUT2D eigenvalue weighted by Gasteiger charge is 2.31. The van der Waals surface area contributed by atoms with Crippen LogP contribution in [0.15, 0.2) is 170 Å². The lowest BCUT2D eigenvalue weighted by atomic mass is 10.3. The van der Waals surface area contributed by atoms with Crippen LogP contribution < -0.4 is 35.0 Å². The molecule has 0 atom stereocenters. The van der Waals surface area contributed by atoms with Crippen molar-refractivity contribution in [1.29, 1.82) is 0 Å². The van der Waals surface area contributed by atoms with Crippen LogP contribution in [-0.2, 0) is 9.13 Å². The minimum absolute atomic E-state index is 0.463. The first kappa shape index (κ1) is 28.3. The minimum atomic E-state index is -3.37. The number of hydrogen-bond acceptors (Lipinski definition) is 5. The van der Waals surface area contributed by atoms with Crippen molar-refractivity contribution in [3.63, 3.8) is 0 Å². The molecule has 0 heterocycles. The Morgan fingerprint density at radius 1 is 0.302 bits per heavy atom. The molecule has 0 saturated heterocycles. The molecule has 0 N–H and O–H groups in total. The van der Waals surface area contributed by atoms with Crippen LogP contribution in [0.25, 0.3) is 0 Å². The molecule has 5 nitrogen and oxygen atoms in total. The van der Waals surface area contributed by atoms with Gasteiger partial charge in [0.1, 0.15) is 23.0 Å². The summed E-state index contributed by atoms with van der Waals surface area (Å²) in [5.41, 5.74) is 0. The van der Waals surface area contributed by atoms with Gasteiger partial charge >= 0.3 is 14.7 Å². The van der Waals surface area contributed by atoms with E-state index < -0.39 is 14.7 Å². The molecule has 0 bridgehead atoms. The van der Waals surface area contributed by atoms with Gasteiger partial charge in [-0.3, -0.25) is 9.13 Å². The SMILES string of the molecule is O=P(Oc1ccc(Oc2ccc(OP(=O)(c3ccccc3)c3ccccc3)cc2)cc1)(c1ccccc1)c1ccccc1. The van der Waals surface area contributed by atoms with Gasteiger partial charge in [0.05, 0.1) is 21.2 Å². The maximum absolute atomic E-state index is 14.2. The zero-order valence-electron chi connectivity index (χ0n) is 23.1. The average molecular weight is 603 g/mol. The first-order valence-electron chi connectivity index (χ1n) is 13.7. The number of rotatable bonds is 10. The second-order valence-corrected chi connectivity index (χ2v) is 14.3. The van der Waals surface area contributed by atoms with Gasteiger partial charge in [-0.25, -0.2) is 0 Å². The molecule has 0 spiro atoms. The Labute approximate surface area is 251 Å². The molecule has 7 heteroatoms. The molecule has 0 aliphatic carbocycles. The van der Waals surface area contributed by atoms with Crippen LogP contribution in [0.4, 0.5) is 0 Å². The van der Waals surface area contributed by atoms with Gasteiger partial charge in [-0.2, -0.15) is 0 Å². The van der Waals surface area contributed by atoms with Crippen LogP contribution in [0.2, 0.25) is 0 Å². The molecule has 0 aliphatic heterocycles. The second-order valence-electron chi connectivity index (χ2n) is 9.67. The Kier molecular flexibility index (Phi) is 8.29. The van der Waals surface area contributed by atoms with E-state index in [0.29, 0.717) is 44.2 Å². The maximum atomic E-state index is 14.2. The first-order chi connectivity index (χ1) is 21.0. The van der Waals surface area contributed by atoms with Crippen LogP contribution in [-0.4, -0.2) is 0 Å². The molecule has 0 aromatic heterocycles. The first-order valence-corrected chi connectivity index (χ1v) is 17.0. The molecule has 6 aromatic rings. The van der Waals surface area contributed by atoms with Crippen molar-refractivity contribution in [3.8, 4) is 23.0 Å². The molecule has 0 saturated carbocycles. The highest BCUT2D eigenvalue weighted by atomic mass is 31.2. The largest absolute Gasteiger partial charge is 0.457 e. The van der Waals surface area contributed by atoms with Crippen LogP contribution in [0.5, 0.6) is 23.0 Å². The van der Waals surface area contributed by atoms with E-state index in [0.717, 1.165) is 0 Å². The lowest BCUT2D eigenvalue weighted by molar-refractivity contribution is 0.475. The summed E-state index contributed by atoms with van der Waals surface area (Å²) >= 11 is 0. The molecular weight excluding hydrogens is 574 g/mol. The van der Waals surface area contributed by atoms with E-state index in [2.05, 4.69) is 0 Å². The highest BCUT2D eigenvalue weighted by molar-refractivity contribution is 7.75. The lowest BCUT2D eigenvalue weighted by Crippen LogP contribution is -2.20. The molecule has 212 valence electrons. The summed E-state index contributed by atoms with van der Waals surface area (Å²) in [6.45, 7) is 0. The van der Waals surface area contributed by atoms with Gasteiger partial charge in [-0.15, -0.1) is 0 Å². The molecular formula is C36H28O5P2. The third-order valence-electron chi connectivity index (χ3n) is 6.74. The van der Waals surface area contributed by atoms with E-state index in [9.17, 15) is 9.13 Å². The third-order valence-corrected chi connectivity index (χ3v) is 11.6. The summed E-state index contributed by atoms with van der Waals surface area (Å²) in [5, 5.41) is 2.47. The van der Waals surface area contributed by atoms with E-state index in [4.69, 9.17) is 13.8 Å². The fraction of sp³-hybridized carbons (Fsp3) is 0. The number of hydrogen-bond donors (Lipinski definition) is 0. The summed E-state index contributed by atoms with van der Waals surface area (Å²) in [7, 11) is -6.75. The zero-order valence-corrected chi connectivity index (χ0v) is 24.9. The summed E-state index contributed by atoms with van der Waals surface area (Å²) in [4.78, 5) is 0. The molecule has 43 heavy (non-hydrogen) atoms. The monoisotopic (exact) mass is 602 g/mol. The van der Waals surface area contributed by atoms with Crippen molar-refractivity contribution in [2.45, 2.75) is 0 Å². The van der Waals surface area contributed by atoms with Gasteiger partial charge in [0.15, 0.2) is 0 Å². The Hall–Kier alpha value is -4.82. The van der Waals surface area contributed by atoms with Crippen LogP contribution in [0, 0.1) is 0 Å². The van der Waals surface area contributed by atoms with Gasteiger partial charge in [-0.1, -0.05) is 72.8 Å². The fourth-order valence-corrected chi connectivity index (χ4v) is 8.69. The van der Waals surface area contributed by atoms with Crippen molar-refractivity contribution in [3.05, 3.63) is 170 Å². The molecule has 6 aromatic carbocycles. The third kappa shape index (κ3) is 6.34. The average Bonchev–Trinajstić information content (AvgIpc) is 3.08. The number of benzene rings is 6. The van der Waals surface area contributed by atoms with Crippen molar-refractivity contribution in [1.82, 2.24) is 0 Å². The van der Waals surface area contributed by atoms with Crippen LogP contribution in [0.3, 0.4) is 0 Å². The predicted octanol–water partition coefficient (Wildman–Crippen LogP) is 8.09. The second kappa shape index (κ2) is 12.6. The van der Waals surface area contributed by atoms with E-state index in [1.165, 1.54) is 0 Å². The topological polar surface area (TPSA) is 61.8 Å². The molecule has 0 aliphatic rings. The van der Waals surface area contributed by atoms with Crippen molar-refractivity contribution < 1.29 is 22.9 Å². The Morgan fingerprint density at radius 3 is 0.791 bits per heavy atom.